The molecule has 2 aliphatic carbocycles. The molecule has 4 bridgehead atoms. The summed E-state index contributed by atoms with van der Waals surface area (Å²) >= 11 is 7.85. The topological polar surface area (TPSA) is 60.0 Å². The lowest BCUT2D eigenvalue weighted by Crippen LogP contribution is -2.51. The van der Waals surface area contributed by atoms with Gasteiger partial charge in [-0.05, 0) is 97.3 Å². The van der Waals surface area contributed by atoms with E-state index in [9.17, 15) is 4.79 Å². The number of aryl methyl sites for hydroxylation is 1. The minimum atomic E-state index is -0.120. The molecule has 2 aromatic carbocycles. The predicted octanol–water partition coefficient (Wildman–Crippen LogP) is 6.04. The quantitative estimate of drug-likeness (QED) is 0.382. The number of ether oxygens (including phenoxy) is 3. The molecule has 6 nitrogen and oxygen atoms in total. The van der Waals surface area contributed by atoms with E-state index in [4.69, 9.17) is 25.8 Å². The maximum absolute atomic E-state index is 13.2. The average Bonchev–Trinajstić information content (AvgIpc) is 3.09. The number of carbonyl (C=O) groups is 1. The van der Waals surface area contributed by atoms with Gasteiger partial charge in [-0.1, -0.05) is 24.6 Å². The second-order valence-electron chi connectivity index (χ2n) is 12.6. The van der Waals surface area contributed by atoms with E-state index in [-0.39, 0.29) is 23.5 Å². The molecule has 40 heavy (non-hydrogen) atoms. The molecule has 1 N–H and O–H groups in total. The molecule has 2 fully saturated rings. The van der Waals surface area contributed by atoms with Gasteiger partial charge in [0.2, 0.25) is 0 Å². The van der Waals surface area contributed by atoms with Crippen LogP contribution in [0, 0.1) is 17.8 Å². The van der Waals surface area contributed by atoms with Gasteiger partial charge in [0.25, 0.3) is 5.91 Å². The van der Waals surface area contributed by atoms with Crippen LogP contribution < -0.4 is 14.4 Å². The van der Waals surface area contributed by atoms with Gasteiger partial charge in [-0.25, -0.2) is 0 Å². The summed E-state index contributed by atoms with van der Waals surface area (Å²) in [5, 5.41) is 0.800. The first-order valence-corrected chi connectivity index (χ1v) is 16.3. The van der Waals surface area contributed by atoms with E-state index in [0.717, 1.165) is 67.6 Å². The monoisotopic (exact) mass is 582 g/mol. The van der Waals surface area contributed by atoms with Crippen LogP contribution in [0.2, 0.25) is 5.02 Å². The number of nitrogens with zero attached hydrogens (tertiary/aromatic N) is 1. The molecule has 214 valence electrons. The first-order chi connectivity index (χ1) is 19.5. The summed E-state index contributed by atoms with van der Waals surface area (Å²) in [5.41, 5.74) is 4.29. The molecule has 2 aromatic rings. The molecule has 0 aromatic heterocycles. The largest absolute Gasteiger partial charge is 0.490 e. The molecular weight excluding hydrogens is 544 g/mol. The summed E-state index contributed by atoms with van der Waals surface area (Å²) in [5.74, 6) is 2.98. The first kappa shape index (κ1) is 26.9. The van der Waals surface area contributed by atoms with E-state index in [1.165, 1.54) is 35.9 Å². The highest BCUT2D eigenvalue weighted by molar-refractivity contribution is 7.97. The Morgan fingerprint density at radius 2 is 2.05 bits per heavy atom. The predicted molar refractivity (Wildman–Crippen MR) is 160 cm³/mol. The van der Waals surface area contributed by atoms with Crippen molar-refractivity contribution < 1.29 is 19.0 Å². The SMILES string of the molecule is C[C@H]1CO[C@H]2C[C@H]1OCCSNC(=O)c1ccc3c(c1)N(C[C@@H]1CC[C@H]12)C[C@@]1(CCCc2cc(Cl)ccc21)CO3. The second-order valence-corrected chi connectivity index (χ2v) is 13.9. The summed E-state index contributed by atoms with van der Waals surface area (Å²) in [7, 11) is 0. The third-order valence-corrected chi connectivity index (χ3v) is 11.0. The fourth-order valence-corrected chi connectivity index (χ4v) is 8.43. The van der Waals surface area contributed by atoms with E-state index in [2.05, 4.69) is 28.7 Å². The zero-order chi connectivity index (χ0) is 27.3. The third-order valence-electron chi connectivity index (χ3n) is 10.1. The van der Waals surface area contributed by atoms with Crippen molar-refractivity contribution in [2.24, 2.45) is 17.8 Å². The van der Waals surface area contributed by atoms with Crippen molar-refractivity contribution in [2.75, 3.05) is 43.6 Å². The molecule has 1 saturated carbocycles. The van der Waals surface area contributed by atoms with Crippen molar-refractivity contribution in [1.29, 1.82) is 0 Å². The highest BCUT2D eigenvalue weighted by Crippen LogP contribution is 2.47. The fraction of sp³-hybridized carbons (Fsp3) is 0.594. The lowest BCUT2D eigenvalue weighted by Gasteiger charge is -2.48. The Kier molecular flexibility index (Phi) is 7.44. The van der Waals surface area contributed by atoms with Crippen LogP contribution in [0.25, 0.3) is 0 Å². The van der Waals surface area contributed by atoms with Crippen LogP contribution in [0.3, 0.4) is 0 Å². The van der Waals surface area contributed by atoms with Crippen LogP contribution in [0.15, 0.2) is 36.4 Å². The number of fused-ring (bicyclic) bond motifs is 7. The molecular formula is C32H39ClN2O4S. The zero-order valence-electron chi connectivity index (χ0n) is 23.2. The van der Waals surface area contributed by atoms with Gasteiger partial charge >= 0.3 is 0 Å². The molecule has 1 saturated heterocycles. The Balaban J connectivity index is 1.26. The summed E-state index contributed by atoms with van der Waals surface area (Å²) in [6.45, 7) is 6.05. The number of hydrogen-bond acceptors (Lipinski definition) is 6. The molecule has 3 aliphatic heterocycles. The zero-order valence-corrected chi connectivity index (χ0v) is 24.8. The number of halogens is 1. The summed E-state index contributed by atoms with van der Waals surface area (Å²) < 4.78 is 22.4. The van der Waals surface area contributed by atoms with Crippen LogP contribution in [0.1, 0.15) is 60.5 Å². The Labute approximate surface area is 246 Å². The molecule has 3 heterocycles. The minimum absolute atomic E-state index is 0.0718. The standard InChI is InChI=1S/C32H39ClN2O4S/c1-20-17-38-30-15-29(20)37-11-12-40-34-31(36)22-5-9-28-27(14-22)35(16-23-4-7-25(23)30)18-32(19-39-28)10-2-3-21-13-24(33)6-8-26(21)32/h5-6,8-9,13-14,20,23,25,29-30H,2-4,7,10-12,15-19H2,1H3,(H,34,36)/t20-,23-,25+,29+,30-,32-/m0/s1. The smallest absolute Gasteiger partial charge is 0.261 e. The van der Waals surface area contributed by atoms with Gasteiger partial charge in [0.1, 0.15) is 5.75 Å². The van der Waals surface area contributed by atoms with E-state index in [0.29, 0.717) is 36.5 Å². The van der Waals surface area contributed by atoms with E-state index < -0.39 is 0 Å². The Hall–Kier alpha value is -1.93. The van der Waals surface area contributed by atoms with Gasteiger partial charge in [0.15, 0.2) is 0 Å². The normalized spacial score (nSPS) is 34.0. The van der Waals surface area contributed by atoms with Crippen LogP contribution in [-0.4, -0.2) is 56.8 Å². The number of hydrogen-bond donors (Lipinski definition) is 1. The number of benzene rings is 2. The van der Waals surface area contributed by atoms with Gasteiger partial charge in [-0.3, -0.25) is 9.52 Å². The molecule has 6 atom stereocenters. The third kappa shape index (κ3) is 5.01. The van der Waals surface area contributed by atoms with Crippen molar-refractivity contribution in [1.82, 2.24) is 4.72 Å². The fourth-order valence-electron chi connectivity index (χ4n) is 7.71. The van der Waals surface area contributed by atoms with Crippen LogP contribution >= 0.6 is 23.5 Å². The van der Waals surface area contributed by atoms with Crippen LogP contribution in [-0.2, 0) is 21.3 Å². The lowest BCUT2D eigenvalue weighted by molar-refractivity contribution is -0.139. The molecule has 0 unspecified atom stereocenters. The van der Waals surface area contributed by atoms with Gasteiger partial charge < -0.3 is 19.1 Å². The number of carbonyl (C=O) groups excluding carboxylic acids is 1. The highest BCUT2D eigenvalue weighted by atomic mass is 35.5. The lowest BCUT2D eigenvalue weighted by atomic mass is 9.67. The van der Waals surface area contributed by atoms with Crippen molar-refractivity contribution in [2.45, 2.75) is 63.1 Å². The van der Waals surface area contributed by atoms with Crippen molar-refractivity contribution in [3.8, 4) is 5.75 Å². The van der Waals surface area contributed by atoms with Gasteiger partial charge in [0.05, 0.1) is 37.7 Å². The van der Waals surface area contributed by atoms with Crippen LogP contribution in [0.4, 0.5) is 5.69 Å². The first-order valence-electron chi connectivity index (χ1n) is 15.0. The number of anilines is 1. The average molecular weight is 583 g/mol. The number of nitrogens with one attached hydrogen (secondary N) is 1. The van der Waals surface area contributed by atoms with Crippen LogP contribution in [0.5, 0.6) is 5.75 Å². The molecule has 1 spiro atoms. The summed E-state index contributed by atoms with van der Waals surface area (Å²) in [6, 6.07) is 12.3. The van der Waals surface area contributed by atoms with Crippen molar-refractivity contribution >= 4 is 35.1 Å². The molecule has 0 radical (unpaired) electrons. The van der Waals surface area contributed by atoms with Gasteiger partial charge in [-0.15, -0.1) is 0 Å². The Morgan fingerprint density at radius 3 is 2.92 bits per heavy atom. The van der Waals surface area contributed by atoms with Crippen molar-refractivity contribution in [3.05, 3.63) is 58.1 Å². The minimum Gasteiger partial charge on any atom is -0.490 e. The number of rotatable bonds is 0. The van der Waals surface area contributed by atoms with E-state index >= 15 is 0 Å². The molecule has 7 rings (SSSR count). The number of amides is 1. The Bertz CT molecular complexity index is 1280. The van der Waals surface area contributed by atoms with Gasteiger partial charge in [0, 0.05) is 47.2 Å². The van der Waals surface area contributed by atoms with E-state index in [1.807, 2.05) is 24.3 Å². The maximum atomic E-state index is 13.2. The molecule has 1 amide bonds. The van der Waals surface area contributed by atoms with Crippen molar-refractivity contribution in [3.63, 3.8) is 0 Å². The van der Waals surface area contributed by atoms with E-state index in [1.54, 1.807) is 0 Å². The highest BCUT2D eigenvalue weighted by Gasteiger charge is 2.46. The summed E-state index contributed by atoms with van der Waals surface area (Å²) in [4.78, 5) is 15.7. The molecule has 8 heteroatoms. The van der Waals surface area contributed by atoms with Gasteiger partial charge in [-0.2, -0.15) is 0 Å². The molecule has 5 aliphatic rings. The second kappa shape index (κ2) is 11.0. The maximum Gasteiger partial charge on any atom is 0.261 e. The Morgan fingerprint density at radius 1 is 1.12 bits per heavy atom. The summed E-state index contributed by atoms with van der Waals surface area (Å²) in [6.07, 6.45) is 7.08.